The Balaban J connectivity index is 1.87. The Bertz CT molecular complexity index is 617. The monoisotopic (exact) mass is 292 g/mol. The lowest BCUT2D eigenvalue weighted by Crippen LogP contribution is -2.25. The number of halogens is 1. The number of hydrogen-bond acceptors (Lipinski definition) is 3. The van der Waals surface area contributed by atoms with Crippen molar-refractivity contribution in [1.82, 2.24) is 10.3 Å². The first kappa shape index (κ1) is 12.6. The SMILES string of the molecule is Cc1nc(-c2ccc(Cl)cc2)sc1C(=O)NC1CC1. The first-order valence-electron chi connectivity index (χ1n) is 6.18. The van der Waals surface area contributed by atoms with Crippen LogP contribution in [0.1, 0.15) is 28.2 Å². The van der Waals surface area contributed by atoms with Gasteiger partial charge in [0.05, 0.1) is 5.69 Å². The van der Waals surface area contributed by atoms with Crippen molar-refractivity contribution in [3.05, 3.63) is 39.9 Å². The van der Waals surface area contributed by atoms with Crippen LogP contribution < -0.4 is 5.32 Å². The molecule has 1 N–H and O–H groups in total. The van der Waals surface area contributed by atoms with Crippen LogP contribution in [0.3, 0.4) is 0 Å². The molecular formula is C14H13ClN2OS. The topological polar surface area (TPSA) is 42.0 Å². The molecule has 1 aromatic heterocycles. The van der Waals surface area contributed by atoms with Gasteiger partial charge in [-0.25, -0.2) is 4.98 Å². The molecule has 1 amide bonds. The summed E-state index contributed by atoms with van der Waals surface area (Å²) in [5.41, 5.74) is 1.77. The highest BCUT2D eigenvalue weighted by atomic mass is 35.5. The van der Waals surface area contributed by atoms with E-state index < -0.39 is 0 Å². The molecule has 0 radical (unpaired) electrons. The first-order valence-corrected chi connectivity index (χ1v) is 7.37. The minimum Gasteiger partial charge on any atom is -0.349 e. The van der Waals surface area contributed by atoms with Gasteiger partial charge in [-0.3, -0.25) is 4.79 Å². The number of rotatable bonds is 3. The molecule has 0 atom stereocenters. The molecule has 1 fully saturated rings. The summed E-state index contributed by atoms with van der Waals surface area (Å²) in [4.78, 5) is 17.2. The van der Waals surface area contributed by atoms with Gasteiger partial charge in [-0.2, -0.15) is 0 Å². The molecule has 0 aliphatic heterocycles. The van der Waals surface area contributed by atoms with E-state index in [2.05, 4.69) is 10.3 Å². The molecule has 1 heterocycles. The maximum atomic E-state index is 12.1. The van der Waals surface area contributed by atoms with E-state index in [0.717, 1.165) is 29.1 Å². The standard InChI is InChI=1S/C14H13ClN2OS/c1-8-12(13(18)17-11-6-7-11)19-14(16-8)9-2-4-10(15)5-3-9/h2-5,11H,6-7H2,1H3,(H,17,18). The normalized spacial score (nSPS) is 14.4. The van der Waals surface area contributed by atoms with Crippen molar-refractivity contribution >= 4 is 28.8 Å². The highest BCUT2D eigenvalue weighted by Gasteiger charge is 2.25. The number of aromatic nitrogens is 1. The van der Waals surface area contributed by atoms with Crippen molar-refractivity contribution in [2.75, 3.05) is 0 Å². The molecule has 0 bridgehead atoms. The van der Waals surface area contributed by atoms with E-state index in [0.29, 0.717) is 15.9 Å². The average molecular weight is 293 g/mol. The summed E-state index contributed by atoms with van der Waals surface area (Å²) in [5.74, 6) is -0.00212. The van der Waals surface area contributed by atoms with E-state index >= 15 is 0 Å². The smallest absolute Gasteiger partial charge is 0.263 e. The Hall–Kier alpha value is -1.39. The van der Waals surface area contributed by atoms with Crippen molar-refractivity contribution < 1.29 is 4.79 Å². The quantitative estimate of drug-likeness (QED) is 0.938. The predicted molar refractivity (Wildman–Crippen MR) is 77.8 cm³/mol. The van der Waals surface area contributed by atoms with Crippen LogP contribution in [-0.2, 0) is 0 Å². The van der Waals surface area contributed by atoms with Gasteiger partial charge < -0.3 is 5.32 Å². The van der Waals surface area contributed by atoms with Gasteiger partial charge in [-0.1, -0.05) is 23.7 Å². The third-order valence-corrected chi connectivity index (χ3v) is 4.46. The van der Waals surface area contributed by atoms with E-state index in [1.807, 2.05) is 31.2 Å². The Morgan fingerprint density at radius 2 is 2.05 bits per heavy atom. The number of hydrogen-bond donors (Lipinski definition) is 1. The molecule has 3 rings (SSSR count). The average Bonchev–Trinajstić information content (AvgIpc) is 3.11. The molecule has 0 unspecified atom stereocenters. The zero-order valence-electron chi connectivity index (χ0n) is 10.4. The molecule has 3 nitrogen and oxygen atoms in total. The molecule has 1 aliphatic rings. The Morgan fingerprint density at radius 3 is 2.68 bits per heavy atom. The van der Waals surface area contributed by atoms with Crippen LogP contribution in [0.4, 0.5) is 0 Å². The van der Waals surface area contributed by atoms with Crippen LogP contribution in [0.2, 0.25) is 5.02 Å². The molecule has 19 heavy (non-hydrogen) atoms. The maximum Gasteiger partial charge on any atom is 0.263 e. The summed E-state index contributed by atoms with van der Waals surface area (Å²) in [5, 5.41) is 4.55. The van der Waals surface area contributed by atoms with Crippen molar-refractivity contribution in [2.24, 2.45) is 0 Å². The molecule has 5 heteroatoms. The highest BCUT2D eigenvalue weighted by molar-refractivity contribution is 7.17. The fraction of sp³-hybridized carbons (Fsp3) is 0.286. The van der Waals surface area contributed by atoms with E-state index in [4.69, 9.17) is 11.6 Å². The Kier molecular flexibility index (Phi) is 3.29. The van der Waals surface area contributed by atoms with Gasteiger partial charge >= 0.3 is 0 Å². The van der Waals surface area contributed by atoms with Crippen LogP contribution in [0.15, 0.2) is 24.3 Å². The van der Waals surface area contributed by atoms with Crippen LogP contribution >= 0.6 is 22.9 Å². The van der Waals surface area contributed by atoms with Crippen LogP contribution in [-0.4, -0.2) is 16.9 Å². The molecule has 1 aliphatic carbocycles. The van der Waals surface area contributed by atoms with Crippen LogP contribution in [0.25, 0.3) is 10.6 Å². The zero-order valence-corrected chi connectivity index (χ0v) is 12.0. The minimum atomic E-state index is -0.00212. The Labute approximate surface area is 120 Å². The molecule has 1 aromatic carbocycles. The van der Waals surface area contributed by atoms with Gasteiger partial charge in [0, 0.05) is 16.6 Å². The summed E-state index contributed by atoms with van der Waals surface area (Å²) < 4.78 is 0. The third kappa shape index (κ3) is 2.80. The van der Waals surface area contributed by atoms with Gasteiger partial charge in [0.2, 0.25) is 0 Å². The number of thiazole rings is 1. The maximum absolute atomic E-state index is 12.1. The second-order valence-electron chi connectivity index (χ2n) is 4.69. The zero-order chi connectivity index (χ0) is 13.4. The number of nitrogens with one attached hydrogen (secondary N) is 1. The number of carbonyl (C=O) groups excluding carboxylic acids is 1. The summed E-state index contributed by atoms with van der Waals surface area (Å²) in [6, 6.07) is 7.87. The van der Waals surface area contributed by atoms with Crippen molar-refractivity contribution in [1.29, 1.82) is 0 Å². The van der Waals surface area contributed by atoms with Gasteiger partial charge in [0.15, 0.2) is 0 Å². The van der Waals surface area contributed by atoms with E-state index in [1.54, 1.807) is 0 Å². The lowest BCUT2D eigenvalue weighted by molar-refractivity contribution is 0.0954. The summed E-state index contributed by atoms with van der Waals surface area (Å²) >= 11 is 7.30. The van der Waals surface area contributed by atoms with E-state index in [-0.39, 0.29) is 5.91 Å². The fourth-order valence-electron chi connectivity index (χ4n) is 1.80. The summed E-state index contributed by atoms with van der Waals surface area (Å²) in [6.45, 7) is 1.87. The lowest BCUT2D eigenvalue weighted by atomic mass is 10.2. The van der Waals surface area contributed by atoms with Gasteiger partial charge in [-0.15, -0.1) is 11.3 Å². The number of amides is 1. The fourth-order valence-corrected chi connectivity index (χ4v) is 2.90. The van der Waals surface area contributed by atoms with Crippen molar-refractivity contribution in [2.45, 2.75) is 25.8 Å². The molecule has 0 saturated heterocycles. The van der Waals surface area contributed by atoms with E-state index in [9.17, 15) is 4.79 Å². The van der Waals surface area contributed by atoms with Crippen molar-refractivity contribution in [3.63, 3.8) is 0 Å². The highest BCUT2D eigenvalue weighted by Crippen LogP contribution is 2.29. The molecule has 0 spiro atoms. The second-order valence-corrected chi connectivity index (χ2v) is 6.12. The molecule has 1 saturated carbocycles. The Morgan fingerprint density at radius 1 is 1.37 bits per heavy atom. The summed E-state index contributed by atoms with van der Waals surface area (Å²) in [7, 11) is 0. The largest absolute Gasteiger partial charge is 0.349 e. The summed E-state index contributed by atoms with van der Waals surface area (Å²) in [6.07, 6.45) is 2.18. The minimum absolute atomic E-state index is 0.00212. The first-order chi connectivity index (χ1) is 9.13. The van der Waals surface area contributed by atoms with Crippen molar-refractivity contribution in [3.8, 4) is 10.6 Å². The number of nitrogens with zero attached hydrogens (tertiary/aromatic N) is 1. The molecule has 98 valence electrons. The molecule has 2 aromatic rings. The second kappa shape index (κ2) is 4.94. The lowest BCUT2D eigenvalue weighted by Gasteiger charge is -1.99. The van der Waals surface area contributed by atoms with Gasteiger partial charge in [-0.05, 0) is 31.9 Å². The molecular weight excluding hydrogens is 280 g/mol. The third-order valence-electron chi connectivity index (χ3n) is 3.01. The van der Waals surface area contributed by atoms with Gasteiger partial charge in [0.1, 0.15) is 9.88 Å². The number of aryl methyl sites for hydroxylation is 1. The number of benzene rings is 1. The van der Waals surface area contributed by atoms with Crippen LogP contribution in [0, 0.1) is 6.92 Å². The predicted octanol–water partition coefficient (Wildman–Crippen LogP) is 3.66. The van der Waals surface area contributed by atoms with E-state index in [1.165, 1.54) is 11.3 Å². The number of carbonyl (C=O) groups is 1. The van der Waals surface area contributed by atoms with Gasteiger partial charge in [0.25, 0.3) is 5.91 Å². The van der Waals surface area contributed by atoms with Crippen LogP contribution in [0.5, 0.6) is 0 Å².